The van der Waals surface area contributed by atoms with Crippen molar-refractivity contribution >= 4 is 10.7 Å². The third kappa shape index (κ3) is 2.61. The Hall–Kier alpha value is -0.168. The first-order valence-electron chi connectivity index (χ1n) is 2.45. The SMILES string of the molecule is O=[S-](=O)c1ccccc1.[Re]. The Morgan fingerprint density at radius 3 is 1.80 bits per heavy atom. The summed E-state index contributed by atoms with van der Waals surface area (Å²) in [6, 6.07) is 8.23. The summed E-state index contributed by atoms with van der Waals surface area (Å²) in [6.07, 6.45) is 0. The van der Waals surface area contributed by atoms with Gasteiger partial charge in [-0.2, -0.15) is 0 Å². The van der Waals surface area contributed by atoms with Crippen LogP contribution in [0.3, 0.4) is 0 Å². The summed E-state index contributed by atoms with van der Waals surface area (Å²) < 4.78 is 20.4. The van der Waals surface area contributed by atoms with E-state index in [-0.39, 0.29) is 20.4 Å². The molecule has 1 aromatic rings. The molecule has 0 aliphatic heterocycles. The zero-order valence-corrected chi connectivity index (χ0v) is 8.52. The molecule has 0 heterocycles. The Kier molecular flexibility index (Phi) is 4.54. The van der Waals surface area contributed by atoms with Gasteiger partial charge in [0.2, 0.25) is 0 Å². The van der Waals surface area contributed by atoms with E-state index in [4.69, 9.17) is 0 Å². The first-order chi connectivity index (χ1) is 4.30. The maximum atomic E-state index is 10.2. The minimum atomic E-state index is -2.08. The van der Waals surface area contributed by atoms with E-state index in [1.165, 1.54) is 0 Å². The van der Waals surface area contributed by atoms with Crippen LogP contribution in [0.4, 0.5) is 0 Å². The van der Waals surface area contributed by atoms with Crippen LogP contribution >= 0.6 is 0 Å². The third-order valence-corrected chi connectivity index (χ3v) is 1.59. The van der Waals surface area contributed by atoms with Crippen molar-refractivity contribution in [2.24, 2.45) is 0 Å². The molecule has 0 unspecified atom stereocenters. The molecule has 2 nitrogen and oxygen atoms in total. The Labute approximate surface area is 74.9 Å². The van der Waals surface area contributed by atoms with Crippen LogP contribution in [-0.2, 0) is 39.5 Å². The fourth-order valence-electron chi connectivity index (χ4n) is 0.532. The molecule has 1 rings (SSSR count). The van der Waals surface area contributed by atoms with Gasteiger partial charge in [-0.05, 0) is 10.7 Å². The topological polar surface area (TPSA) is 34.1 Å². The van der Waals surface area contributed by atoms with Gasteiger partial charge in [0.15, 0.2) is 0 Å². The summed E-state index contributed by atoms with van der Waals surface area (Å²) in [5.74, 6) is 0. The first-order valence-corrected chi connectivity index (χ1v) is 3.52. The Morgan fingerprint density at radius 2 is 1.50 bits per heavy atom. The minimum Gasteiger partial charge on any atom is -0.420 e. The molecule has 10 heavy (non-hydrogen) atoms. The third-order valence-electron chi connectivity index (χ3n) is 0.936. The molecule has 0 aliphatic rings. The Balaban J connectivity index is 0.000000810. The fraction of sp³-hybridized carbons (Fsp3) is 0. The molecule has 0 aliphatic carbocycles. The van der Waals surface area contributed by atoms with Crippen LogP contribution < -0.4 is 0 Å². The van der Waals surface area contributed by atoms with Crippen LogP contribution in [0.5, 0.6) is 0 Å². The van der Waals surface area contributed by atoms with Gasteiger partial charge in [0.25, 0.3) is 0 Å². The van der Waals surface area contributed by atoms with Gasteiger partial charge in [0, 0.05) is 20.4 Å². The van der Waals surface area contributed by atoms with E-state index in [1.807, 2.05) is 0 Å². The van der Waals surface area contributed by atoms with Crippen LogP contribution in [0.1, 0.15) is 0 Å². The zero-order valence-electron chi connectivity index (χ0n) is 4.99. The molecule has 0 atom stereocenters. The second-order valence-electron chi connectivity index (χ2n) is 1.55. The minimum absolute atomic E-state index is 0. The second-order valence-corrected chi connectivity index (χ2v) is 2.49. The predicted molar refractivity (Wildman–Crippen MR) is 33.4 cm³/mol. The average molecular weight is 327 g/mol. The summed E-state index contributed by atoms with van der Waals surface area (Å²) >= 11 is 0. The first kappa shape index (κ1) is 9.83. The summed E-state index contributed by atoms with van der Waals surface area (Å²) in [5, 5.41) is 0. The van der Waals surface area contributed by atoms with Gasteiger partial charge in [-0.15, -0.1) is 0 Å². The predicted octanol–water partition coefficient (Wildman–Crippen LogP) is 1.35. The van der Waals surface area contributed by atoms with Crippen LogP contribution in [0.2, 0.25) is 0 Å². The van der Waals surface area contributed by atoms with E-state index in [9.17, 15) is 8.42 Å². The van der Waals surface area contributed by atoms with Crippen LogP contribution in [0, 0.1) is 0 Å². The second kappa shape index (κ2) is 4.62. The molecular formula is C6H5O2ReS-. The van der Waals surface area contributed by atoms with Gasteiger partial charge in [-0.1, -0.05) is 35.2 Å². The van der Waals surface area contributed by atoms with Crippen molar-refractivity contribution in [3.63, 3.8) is 0 Å². The molecular weight excluding hydrogens is 322 g/mol. The quantitative estimate of drug-likeness (QED) is 0.730. The zero-order chi connectivity index (χ0) is 6.69. The number of rotatable bonds is 1. The van der Waals surface area contributed by atoms with Crippen molar-refractivity contribution in [1.29, 1.82) is 0 Å². The van der Waals surface area contributed by atoms with E-state index >= 15 is 0 Å². The van der Waals surface area contributed by atoms with Gasteiger partial charge in [-0.3, -0.25) is 0 Å². The summed E-state index contributed by atoms with van der Waals surface area (Å²) in [7, 11) is -2.08. The van der Waals surface area contributed by atoms with E-state index < -0.39 is 10.7 Å². The Morgan fingerprint density at radius 1 is 1.00 bits per heavy atom. The van der Waals surface area contributed by atoms with E-state index in [0.717, 1.165) is 0 Å². The average Bonchev–Trinajstić information content (AvgIpc) is 1.90. The summed E-state index contributed by atoms with van der Waals surface area (Å²) in [6.45, 7) is 0. The van der Waals surface area contributed by atoms with Crippen molar-refractivity contribution in [2.45, 2.75) is 4.90 Å². The summed E-state index contributed by atoms with van der Waals surface area (Å²) in [5.41, 5.74) is 0. The van der Waals surface area contributed by atoms with Gasteiger partial charge in [0.05, 0.1) is 0 Å². The maximum Gasteiger partial charge on any atom is 0 e. The molecule has 0 N–H and O–H groups in total. The van der Waals surface area contributed by atoms with Gasteiger partial charge in [0.1, 0.15) is 0 Å². The largest absolute Gasteiger partial charge is 0.420 e. The number of benzene rings is 1. The smallest absolute Gasteiger partial charge is 0 e. The van der Waals surface area contributed by atoms with Crippen LogP contribution in [0.15, 0.2) is 35.2 Å². The van der Waals surface area contributed by atoms with Crippen molar-refractivity contribution in [1.82, 2.24) is 0 Å². The standard InChI is InChI=1S/C6H5O2S.Re/c7-9(8)6-4-2-1-3-5-6;/h1-5H;/q-1;. The van der Waals surface area contributed by atoms with Crippen molar-refractivity contribution in [3.8, 4) is 0 Å². The molecule has 0 saturated carbocycles. The van der Waals surface area contributed by atoms with E-state index in [2.05, 4.69) is 0 Å². The van der Waals surface area contributed by atoms with E-state index in [1.54, 1.807) is 30.3 Å². The molecule has 1 radical (unpaired) electrons. The molecule has 0 amide bonds. The Bertz CT molecular complexity index is 248. The molecule has 0 saturated heterocycles. The van der Waals surface area contributed by atoms with Crippen molar-refractivity contribution in [2.75, 3.05) is 0 Å². The van der Waals surface area contributed by atoms with E-state index in [0.29, 0.717) is 4.90 Å². The molecule has 55 valence electrons. The normalized spacial score (nSPS) is 8.90. The van der Waals surface area contributed by atoms with Crippen molar-refractivity contribution in [3.05, 3.63) is 30.3 Å². The molecule has 1 aromatic carbocycles. The van der Waals surface area contributed by atoms with Crippen LogP contribution in [0.25, 0.3) is 0 Å². The summed E-state index contributed by atoms with van der Waals surface area (Å²) in [4.78, 5) is 0.331. The van der Waals surface area contributed by atoms with Gasteiger partial charge < -0.3 is 8.42 Å². The monoisotopic (exact) mass is 328 g/mol. The number of hydrogen-bond donors (Lipinski definition) is 0. The fourth-order valence-corrected chi connectivity index (χ4v) is 0.911. The maximum absolute atomic E-state index is 10.2. The number of hydrogen-bond acceptors (Lipinski definition) is 3. The molecule has 0 bridgehead atoms. The van der Waals surface area contributed by atoms with Crippen LogP contribution in [-0.4, -0.2) is 0 Å². The van der Waals surface area contributed by atoms with Gasteiger partial charge in [-0.25, -0.2) is 0 Å². The van der Waals surface area contributed by atoms with Gasteiger partial charge >= 0.3 is 0 Å². The molecule has 0 aromatic heterocycles. The van der Waals surface area contributed by atoms with Crippen molar-refractivity contribution < 1.29 is 28.8 Å². The molecule has 4 heteroatoms. The molecule has 0 spiro atoms. The molecule has 0 fully saturated rings.